The van der Waals surface area contributed by atoms with Gasteiger partial charge in [0.25, 0.3) is 0 Å². The number of carbonyl (C=O) groups excluding carboxylic acids is 4. The third-order valence-electron chi connectivity index (χ3n) is 8.58. The fraction of sp³-hybridized carbons (Fsp3) is 0.371. The van der Waals surface area contributed by atoms with E-state index < -0.39 is 42.0 Å². The van der Waals surface area contributed by atoms with E-state index in [2.05, 4.69) is 20.9 Å². The molecule has 2 aliphatic heterocycles. The normalized spacial score (nSPS) is 20.2. The van der Waals surface area contributed by atoms with Gasteiger partial charge in [-0.3, -0.25) is 29.0 Å². The van der Waals surface area contributed by atoms with Crippen LogP contribution in [-0.4, -0.2) is 74.8 Å². The van der Waals surface area contributed by atoms with Crippen LogP contribution in [0.2, 0.25) is 0 Å². The Kier molecular flexibility index (Phi) is 10.7. The van der Waals surface area contributed by atoms with Crippen molar-refractivity contribution >= 4 is 29.6 Å². The van der Waals surface area contributed by atoms with E-state index in [0.717, 1.165) is 11.1 Å². The second-order valence-electron chi connectivity index (χ2n) is 12.0. The molecule has 46 heavy (non-hydrogen) atoms. The number of nitrogens with zero attached hydrogens (tertiary/aromatic N) is 2. The van der Waals surface area contributed by atoms with Gasteiger partial charge in [0.05, 0.1) is 12.8 Å². The first-order valence-corrected chi connectivity index (χ1v) is 15.7. The summed E-state index contributed by atoms with van der Waals surface area (Å²) in [4.78, 5) is 71.2. The summed E-state index contributed by atoms with van der Waals surface area (Å²) < 4.78 is 0. The van der Waals surface area contributed by atoms with Crippen molar-refractivity contribution in [3.05, 3.63) is 102 Å². The van der Waals surface area contributed by atoms with Gasteiger partial charge in [-0.1, -0.05) is 66.7 Å². The van der Waals surface area contributed by atoms with Gasteiger partial charge in [0.2, 0.25) is 23.6 Å². The summed E-state index contributed by atoms with van der Waals surface area (Å²) in [6, 6.07) is 18.7. The number of rotatable bonds is 13. The second-order valence-corrected chi connectivity index (χ2v) is 12.0. The van der Waals surface area contributed by atoms with Crippen LogP contribution in [0.4, 0.5) is 0 Å². The van der Waals surface area contributed by atoms with Crippen molar-refractivity contribution in [1.82, 2.24) is 25.8 Å². The highest BCUT2D eigenvalue weighted by Gasteiger charge is 2.46. The van der Waals surface area contributed by atoms with Crippen molar-refractivity contribution in [1.29, 1.82) is 0 Å². The molecule has 3 aromatic rings. The highest BCUT2D eigenvalue weighted by molar-refractivity contribution is 5.95. The van der Waals surface area contributed by atoms with Crippen molar-refractivity contribution in [2.75, 3.05) is 0 Å². The lowest BCUT2D eigenvalue weighted by Gasteiger charge is -2.38. The first kappa shape index (κ1) is 32.3. The van der Waals surface area contributed by atoms with Gasteiger partial charge in [-0.25, -0.2) is 0 Å². The van der Waals surface area contributed by atoms with E-state index in [4.69, 9.17) is 0 Å². The van der Waals surface area contributed by atoms with Crippen LogP contribution in [-0.2, 0) is 43.2 Å². The summed E-state index contributed by atoms with van der Waals surface area (Å²) >= 11 is 0. The lowest BCUT2D eigenvalue weighted by Crippen LogP contribution is -2.60. The zero-order chi connectivity index (χ0) is 32.5. The second kappa shape index (κ2) is 15.3. The summed E-state index contributed by atoms with van der Waals surface area (Å²) in [7, 11) is 0. The van der Waals surface area contributed by atoms with Gasteiger partial charge >= 0.3 is 5.97 Å². The predicted octanol–water partition coefficient (Wildman–Crippen LogP) is 2.19. The Morgan fingerprint density at radius 3 is 2.17 bits per heavy atom. The molecule has 2 fully saturated rings. The van der Waals surface area contributed by atoms with Crippen LogP contribution in [0.25, 0.3) is 0 Å². The number of carbonyl (C=O) groups is 5. The molecule has 5 atom stereocenters. The molecule has 2 saturated heterocycles. The van der Waals surface area contributed by atoms with Crippen molar-refractivity contribution in [2.45, 2.75) is 81.6 Å². The number of amides is 4. The molecule has 0 saturated carbocycles. The number of hydrogen-bond donors (Lipinski definition) is 4. The molecule has 1 aromatic heterocycles. The first-order chi connectivity index (χ1) is 22.3. The Morgan fingerprint density at radius 2 is 1.50 bits per heavy atom. The maximum absolute atomic E-state index is 13.8. The molecular formula is C35H39N5O6. The lowest BCUT2D eigenvalue weighted by molar-refractivity contribution is -0.146. The Hall–Kier alpha value is -5.06. The first-order valence-electron chi connectivity index (χ1n) is 15.7. The van der Waals surface area contributed by atoms with E-state index >= 15 is 0 Å². The van der Waals surface area contributed by atoms with Gasteiger partial charge in [-0.05, 0) is 54.9 Å². The lowest BCUT2D eigenvalue weighted by atomic mass is 9.97. The monoisotopic (exact) mass is 625 g/mol. The molecule has 3 unspecified atom stereocenters. The van der Waals surface area contributed by atoms with Crippen molar-refractivity contribution in [3.63, 3.8) is 0 Å². The van der Waals surface area contributed by atoms with E-state index in [1.165, 1.54) is 0 Å². The molecule has 0 spiro atoms. The predicted molar refractivity (Wildman–Crippen MR) is 169 cm³/mol. The Bertz CT molecular complexity index is 1520. The van der Waals surface area contributed by atoms with Crippen LogP contribution in [0.1, 0.15) is 48.8 Å². The fourth-order valence-electron chi connectivity index (χ4n) is 6.40. The molecule has 2 aromatic carbocycles. The minimum Gasteiger partial charge on any atom is -0.481 e. The van der Waals surface area contributed by atoms with Gasteiger partial charge in [0.1, 0.15) is 18.1 Å². The quantitative estimate of drug-likeness (QED) is 0.227. The molecule has 4 amide bonds. The van der Waals surface area contributed by atoms with Crippen LogP contribution < -0.4 is 16.0 Å². The van der Waals surface area contributed by atoms with Crippen LogP contribution in [0, 0.1) is 0 Å². The van der Waals surface area contributed by atoms with E-state index in [1.807, 2.05) is 60.7 Å². The molecule has 11 heteroatoms. The summed E-state index contributed by atoms with van der Waals surface area (Å²) in [5.74, 6) is -2.60. The average Bonchev–Trinajstić information content (AvgIpc) is 3.48. The van der Waals surface area contributed by atoms with Crippen LogP contribution in [0.5, 0.6) is 0 Å². The van der Waals surface area contributed by atoms with E-state index in [1.54, 1.807) is 29.4 Å². The molecule has 0 radical (unpaired) electrons. The van der Waals surface area contributed by atoms with Crippen LogP contribution >= 0.6 is 0 Å². The Labute approximate surface area is 267 Å². The summed E-state index contributed by atoms with van der Waals surface area (Å²) in [6.07, 6.45) is 5.72. The molecular weight excluding hydrogens is 586 g/mol. The smallest absolute Gasteiger partial charge is 0.305 e. The van der Waals surface area contributed by atoms with Gasteiger partial charge in [0, 0.05) is 30.9 Å². The van der Waals surface area contributed by atoms with Crippen molar-refractivity contribution in [3.8, 4) is 0 Å². The SMILES string of the molecule is O=C(O)C[C@@H](Cc1ccccc1)NC(=O)C(Cc1cccnc1)NC(=O)[C@@H]1CCC2CCC(NC(=O)Cc3ccccc3)C(=O)N21. The van der Waals surface area contributed by atoms with E-state index in [0.29, 0.717) is 37.7 Å². The maximum atomic E-state index is 13.8. The Morgan fingerprint density at radius 1 is 0.826 bits per heavy atom. The molecule has 240 valence electrons. The molecule has 11 nitrogen and oxygen atoms in total. The number of nitrogens with one attached hydrogen (secondary N) is 3. The highest BCUT2D eigenvalue weighted by Crippen LogP contribution is 2.33. The number of aliphatic carboxylic acids is 1. The Balaban J connectivity index is 1.28. The number of aromatic nitrogens is 1. The number of benzene rings is 2. The van der Waals surface area contributed by atoms with Gasteiger partial charge in [-0.2, -0.15) is 0 Å². The van der Waals surface area contributed by atoms with Gasteiger partial charge < -0.3 is 26.0 Å². The van der Waals surface area contributed by atoms with Crippen LogP contribution in [0.15, 0.2) is 85.2 Å². The van der Waals surface area contributed by atoms with Gasteiger partial charge in [-0.15, -0.1) is 0 Å². The number of fused-ring (bicyclic) bond motifs is 1. The van der Waals surface area contributed by atoms with Crippen molar-refractivity contribution in [2.24, 2.45) is 0 Å². The average molecular weight is 626 g/mol. The topological polar surface area (TPSA) is 158 Å². The minimum absolute atomic E-state index is 0.123. The maximum Gasteiger partial charge on any atom is 0.305 e. The number of hydrogen-bond acceptors (Lipinski definition) is 6. The molecule has 0 aliphatic carbocycles. The number of pyridine rings is 1. The van der Waals surface area contributed by atoms with E-state index in [-0.39, 0.29) is 37.1 Å². The molecule has 4 N–H and O–H groups in total. The summed E-state index contributed by atoms with van der Waals surface area (Å²) in [6.45, 7) is 0. The van der Waals surface area contributed by atoms with Crippen LogP contribution in [0.3, 0.4) is 0 Å². The van der Waals surface area contributed by atoms with Gasteiger partial charge in [0.15, 0.2) is 0 Å². The summed E-state index contributed by atoms with van der Waals surface area (Å²) in [5, 5.41) is 18.1. The zero-order valence-electron chi connectivity index (χ0n) is 25.5. The third-order valence-corrected chi connectivity index (χ3v) is 8.58. The summed E-state index contributed by atoms with van der Waals surface area (Å²) in [5.41, 5.74) is 2.42. The molecule has 0 bridgehead atoms. The standard InChI is InChI=1S/C35H39N5O6/c41-31(20-24-10-5-2-6-11-24)38-28-15-13-27-14-16-30(40(27)35(28)46)34(45)39-29(19-25-12-7-17-36-22-25)33(44)37-26(21-32(42)43)18-23-8-3-1-4-9-23/h1-12,17,22,26-30H,13-16,18-21H2,(H,37,44)(H,38,41)(H,39,45)(H,42,43)/t26-,27?,28?,29?,30+/m1/s1. The highest BCUT2D eigenvalue weighted by atomic mass is 16.4. The largest absolute Gasteiger partial charge is 0.481 e. The molecule has 2 aliphatic rings. The van der Waals surface area contributed by atoms with Crippen molar-refractivity contribution < 1.29 is 29.1 Å². The number of carboxylic acid groups (broad SMARTS) is 1. The fourth-order valence-corrected chi connectivity index (χ4v) is 6.40. The zero-order valence-corrected chi connectivity index (χ0v) is 25.5. The molecule has 5 rings (SSSR count). The van der Waals surface area contributed by atoms with E-state index in [9.17, 15) is 29.1 Å². The third kappa shape index (κ3) is 8.56. The number of carboxylic acids is 1. The molecule has 3 heterocycles. The number of piperidine rings is 1. The minimum atomic E-state index is -1.06.